The number of nitrogens with zero attached hydrogens (tertiary/aromatic N) is 1. The molecular weight excluding hydrogens is 274 g/mol. The minimum atomic E-state index is -0.693. The highest BCUT2D eigenvalue weighted by molar-refractivity contribution is 6.32. The molecule has 0 aliphatic carbocycles. The first kappa shape index (κ1) is 14.4. The molecule has 0 saturated carbocycles. The van der Waals surface area contributed by atoms with E-state index >= 15 is 0 Å². The van der Waals surface area contributed by atoms with E-state index in [0.717, 1.165) is 5.56 Å². The number of aryl methyl sites for hydroxylation is 1. The Morgan fingerprint density at radius 1 is 1.20 bits per heavy atom. The van der Waals surface area contributed by atoms with Crippen molar-refractivity contribution in [2.75, 3.05) is 0 Å². The molecule has 102 valence electrons. The maximum atomic E-state index is 9.76. The highest BCUT2D eigenvalue weighted by Gasteiger charge is 2.12. The van der Waals surface area contributed by atoms with E-state index in [1.807, 2.05) is 19.1 Å². The van der Waals surface area contributed by atoms with Crippen LogP contribution in [0.3, 0.4) is 0 Å². The summed E-state index contributed by atoms with van der Waals surface area (Å²) in [7, 11) is 0. The van der Waals surface area contributed by atoms with Crippen LogP contribution in [0, 0.1) is 18.3 Å². The maximum absolute atomic E-state index is 9.76. The van der Waals surface area contributed by atoms with E-state index in [-0.39, 0.29) is 0 Å². The maximum Gasteiger partial charge on any atom is 0.146 e. The molecular formula is C16H14ClNO2. The molecule has 0 heterocycles. The zero-order valence-corrected chi connectivity index (χ0v) is 12.0. The van der Waals surface area contributed by atoms with Crippen molar-refractivity contribution in [1.82, 2.24) is 0 Å². The van der Waals surface area contributed by atoms with Gasteiger partial charge in [0, 0.05) is 5.56 Å². The van der Waals surface area contributed by atoms with Crippen LogP contribution in [0.15, 0.2) is 36.4 Å². The average Bonchev–Trinajstić information content (AvgIpc) is 2.41. The summed E-state index contributed by atoms with van der Waals surface area (Å²) in [5, 5.41) is 19.2. The van der Waals surface area contributed by atoms with Crippen molar-refractivity contribution < 1.29 is 9.84 Å². The molecule has 0 aromatic heterocycles. The van der Waals surface area contributed by atoms with Crippen LogP contribution in [-0.4, -0.2) is 5.11 Å². The summed E-state index contributed by atoms with van der Waals surface area (Å²) in [6.45, 7) is 3.58. The van der Waals surface area contributed by atoms with Crippen molar-refractivity contribution in [2.45, 2.75) is 20.0 Å². The quantitative estimate of drug-likeness (QED) is 0.912. The Kier molecular flexibility index (Phi) is 4.29. The van der Waals surface area contributed by atoms with Gasteiger partial charge in [0.25, 0.3) is 0 Å². The normalized spacial score (nSPS) is 11.8. The van der Waals surface area contributed by atoms with E-state index < -0.39 is 6.10 Å². The molecule has 0 saturated heterocycles. The number of hydrogen-bond donors (Lipinski definition) is 1. The third-order valence-corrected chi connectivity index (χ3v) is 3.20. The number of rotatable bonds is 3. The van der Waals surface area contributed by atoms with Gasteiger partial charge in [-0.25, -0.2) is 0 Å². The highest BCUT2D eigenvalue weighted by atomic mass is 35.5. The van der Waals surface area contributed by atoms with Crippen molar-refractivity contribution in [2.24, 2.45) is 0 Å². The molecule has 0 aliphatic rings. The molecule has 3 nitrogen and oxygen atoms in total. The molecule has 0 spiro atoms. The Bertz CT molecular complexity index is 675. The van der Waals surface area contributed by atoms with Crippen molar-refractivity contribution >= 4 is 11.6 Å². The van der Waals surface area contributed by atoms with Crippen molar-refractivity contribution in [3.05, 3.63) is 58.1 Å². The molecule has 0 bridgehead atoms. The smallest absolute Gasteiger partial charge is 0.146 e. The van der Waals surface area contributed by atoms with Gasteiger partial charge in [0.05, 0.1) is 22.8 Å². The first-order valence-electron chi connectivity index (χ1n) is 6.17. The number of aliphatic hydroxyl groups is 1. The van der Waals surface area contributed by atoms with Gasteiger partial charge in [-0.3, -0.25) is 0 Å². The van der Waals surface area contributed by atoms with Crippen LogP contribution in [0.5, 0.6) is 11.5 Å². The van der Waals surface area contributed by atoms with E-state index in [1.54, 1.807) is 37.3 Å². The second-order valence-electron chi connectivity index (χ2n) is 4.58. The Labute approximate surface area is 123 Å². The van der Waals surface area contributed by atoms with E-state index in [1.165, 1.54) is 0 Å². The first-order valence-corrected chi connectivity index (χ1v) is 6.55. The van der Waals surface area contributed by atoms with Crippen molar-refractivity contribution in [3.8, 4) is 17.6 Å². The van der Waals surface area contributed by atoms with Crippen LogP contribution in [0.1, 0.15) is 29.7 Å². The number of hydrogen-bond acceptors (Lipinski definition) is 3. The Morgan fingerprint density at radius 3 is 2.55 bits per heavy atom. The molecule has 1 atom stereocenters. The molecule has 0 radical (unpaired) electrons. The fourth-order valence-electron chi connectivity index (χ4n) is 1.84. The van der Waals surface area contributed by atoms with Gasteiger partial charge in [0.15, 0.2) is 0 Å². The van der Waals surface area contributed by atoms with Gasteiger partial charge in [-0.2, -0.15) is 5.26 Å². The minimum absolute atomic E-state index is 0.435. The third-order valence-electron chi connectivity index (χ3n) is 2.90. The molecule has 0 amide bonds. The minimum Gasteiger partial charge on any atom is -0.455 e. The summed E-state index contributed by atoms with van der Waals surface area (Å²) < 4.78 is 5.76. The lowest BCUT2D eigenvalue weighted by Crippen LogP contribution is -1.97. The third kappa shape index (κ3) is 3.11. The van der Waals surface area contributed by atoms with E-state index in [4.69, 9.17) is 21.6 Å². The van der Waals surface area contributed by atoms with Crippen LogP contribution in [-0.2, 0) is 0 Å². The van der Waals surface area contributed by atoms with Gasteiger partial charge in [-0.1, -0.05) is 23.7 Å². The highest BCUT2D eigenvalue weighted by Crippen LogP contribution is 2.34. The number of halogens is 1. The molecule has 2 rings (SSSR count). The van der Waals surface area contributed by atoms with E-state index in [2.05, 4.69) is 0 Å². The predicted octanol–water partition coefficient (Wildman–Crippen LogP) is 4.37. The van der Waals surface area contributed by atoms with Crippen molar-refractivity contribution in [3.63, 3.8) is 0 Å². The van der Waals surface area contributed by atoms with Gasteiger partial charge in [-0.15, -0.1) is 0 Å². The second kappa shape index (κ2) is 5.96. The summed E-state index contributed by atoms with van der Waals surface area (Å²) in [6.07, 6.45) is -0.693. The summed E-state index contributed by atoms with van der Waals surface area (Å²) >= 11 is 6.13. The van der Waals surface area contributed by atoms with Gasteiger partial charge < -0.3 is 9.84 Å². The van der Waals surface area contributed by atoms with Gasteiger partial charge in [0.2, 0.25) is 0 Å². The molecule has 2 aromatic rings. The lowest BCUT2D eigenvalue weighted by atomic mass is 10.1. The van der Waals surface area contributed by atoms with Crippen LogP contribution < -0.4 is 4.74 Å². The topological polar surface area (TPSA) is 53.2 Å². The lowest BCUT2D eigenvalue weighted by Gasteiger charge is -2.14. The second-order valence-corrected chi connectivity index (χ2v) is 4.98. The summed E-state index contributed by atoms with van der Waals surface area (Å²) in [4.78, 5) is 0. The summed E-state index contributed by atoms with van der Waals surface area (Å²) in [6, 6.07) is 12.4. The lowest BCUT2D eigenvalue weighted by molar-refractivity contribution is 0.195. The largest absolute Gasteiger partial charge is 0.455 e. The number of benzene rings is 2. The monoisotopic (exact) mass is 287 g/mol. The molecule has 1 unspecified atom stereocenters. The summed E-state index contributed by atoms with van der Waals surface area (Å²) in [5.74, 6) is 0.930. The van der Waals surface area contributed by atoms with Crippen LogP contribution in [0.4, 0.5) is 0 Å². The number of nitriles is 1. The summed E-state index contributed by atoms with van der Waals surface area (Å²) in [5.41, 5.74) is 2.11. The Hall–Kier alpha value is -2.02. The van der Waals surface area contributed by atoms with Crippen molar-refractivity contribution in [1.29, 1.82) is 5.26 Å². The first-order chi connectivity index (χ1) is 9.51. The SMILES string of the molecule is Cc1ccc(Oc2cc(C#N)ccc2C(C)O)c(Cl)c1. The molecule has 20 heavy (non-hydrogen) atoms. The molecule has 0 aliphatic heterocycles. The zero-order chi connectivity index (χ0) is 14.7. The average molecular weight is 288 g/mol. The standard InChI is InChI=1S/C16H14ClNO2/c1-10-3-6-15(14(17)7-10)20-16-8-12(9-18)4-5-13(16)11(2)19/h3-8,11,19H,1-2H3. The number of aliphatic hydroxyl groups excluding tert-OH is 1. The van der Waals surface area contributed by atoms with Gasteiger partial charge >= 0.3 is 0 Å². The van der Waals surface area contributed by atoms with Crippen LogP contribution in [0.2, 0.25) is 5.02 Å². The fraction of sp³-hybridized carbons (Fsp3) is 0.188. The fourth-order valence-corrected chi connectivity index (χ4v) is 2.12. The zero-order valence-electron chi connectivity index (χ0n) is 11.2. The van der Waals surface area contributed by atoms with Gasteiger partial charge in [-0.05, 0) is 43.7 Å². The number of ether oxygens (including phenoxy) is 1. The molecule has 1 N–H and O–H groups in total. The molecule has 0 fully saturated rings. The molecule has 2 aromatic carbocycles. The van der Waals surface area contributed by atoms with Gasteiger partial charge in [0.1, 0.15) is 11.5 Å². The Morgan fingerprint density at radius 2 is 1.95 bits per heavy atom. The van der Waals surface area contributed by atoms with E-state index in [9.17, 15) is 5.11 Å². The Balaban J connectivity index is 2.43. The molecule has 4 heteroatoms. The van der Waals surface area contributed by atoms with E-state index in [0.29, 0.717) is 27.6 Å². The van der Waals surface area contributed by atoms with Crippen LogP contribution >= 0.6 is 11.6 Å². The van der Waals surface area contributed by atoms with Crippen LogP contribution in [0.25, 0.3) is 0 Å². The predicted molar refractivity (Wildman–Crippen MR) is 78.1 cm³/mol.